The second-order valence-electron chi connectivity index (χ2n) is 6.45. The van der Waals surface area contributed by atoms with Crippen LogP contribution in [0.4, 0.5) is 10.5 Å². The maximum Gasteiger partial charge on any atom is 0.321 e. The minimum absolute atomic E-state index is 0.0275. The lowest BCUT2D eigenvalue weighted by molar-refractivity contribution is -0.127. The van der Waals surface area contributed by atoms with E-state index < -0.39 is 0 Å². The molecule has 2 rings (SSSR count). The lowest BCUT2D eigenvalue weighted by Crippen LogP contribution is -2.42. The molecule has 1 fully saturated rings. The highest BCUT2D eigenvalue weighted by atomic mass is 16.2. The molecule has 126 valence electrons. The Hall–Kier alpha value is -2.04. The van der Waals surface area contributed by atoms with E-state index in [1.165, 1.54) is 6.42 Å². The van der Waals surface area contributed by atoms with Crippen LogP contribution < -0.4 is 5.32 Å². The van der Waals surface area contributed by atoms with Crippen LogP contribution in [0.2, 0.25) is 0 Å². The molecule has 5 nitrogen and oxygen atoms in total. The van der Waals surface area contributed by atoms with E-state index in [2.05, 4.69) is 12.2 Å². The second-order valence-corrected chi connectivity index (χ2v) is 6.45. The first-order valence-corrected chi connectivity index (χ1v) is 8.34. The fourth-order valence-corrected chi connectivity index (χ4v) is 2.82. The van der Waals surface area contributed by atoms with Gasteiger partial charge in [0.2, 0.25) is 5.91 Å². The highest BCUT2D eigenvalue weighted by molar-refractivity contribution is 5.89. The molecule has 0 bridgehead atoms. The van der Waals surface area contributed by atoms with Gasteiger partial charge < -0.3 is 15.1 Å². The second kappa shape index (κ2) is 7.99. The van der Waals surface area contributed by atoms with Crippen LogP contribution in [0.25, 0.3) is 0 Å². The Bertz CT molecular complexity index is 540. The van der Waals surface area contributed by atoms with Gasteiger partial charge in [-0.25, -0.2) is 4.79 Å². The third-order valence-electron chi connectivity index (χ3n) is 4.44. The molecule has 0 saturated carbocycles. The molecular formula is C18H27N3O2. The molecule has 3 amide bonds. The van der Waals surface area contributed by atoms with Gasteiger partial charge in [0.05, 0.1) is 6.42 Å². The number of carbonyl (C=O) groups excluding carboxylic acids is 2. The molecule has 1 aromatic carbocycles. The first kappa shape index (κ1) is 17.3. The van der Waals surface area contributed by atoms with Crippen molar-refractivity contribution in [1.29, 1.82) is 0 Å². The molecule has 1 aliphatic rings. The van der Waals surface area contributed by atoms with Crippen molar-refractivity contribution in [2.75, 3.05) is 32.5 Å². The summed E-state index contributed by atoms with van der Waals surface area (Å²) in [6.07, 6.45) is 3.80. The topological polar surface area (TPSA) is 52.7 Å². The molecule has 1 N–H and O–H groups in total. The van der Waals surface area contributed by atoms with Crippen LogP contribution in [0.5, 0.6) is 0 Å². The molecule has 1 heterocycles. The molecule has 1 atom stereocenters. The zero-order valence-corrected chi connectivity index (χ0v) is 14.3. The Kier molecular flexibility index (Phi) is 6.02. The number of urea groups is 1. The van der Waals surface area contributed by atoms with Crippen LogP contribution in [0.15, 0.2) is 24.3 Å². The SMILES string of the molecule is CC[C@H]1CCCN(C(=O)Nc2ccc(CC(=O)N(C)C)cc2)C1. The predicted octanol–water partition coefficient (Wildman–Crippen LogP) is 2.97. The monoisotopic (exact) mass is 317 g/mol. The fourth-order valence-electron chi connectivity index (χ4n) is 2.82. The Morgan fingerprint density at radius 3 is 2.57 bits per heavy atom. The molecule has 0 spiro atoms. The van der Waals surface area contributed by atoms with Gasteiger partial charge in [-0.15, -0.1) is 0 Å². The third-order valence-corrected chi connectivity index (χ3v) is 4.44. The number of nitrogens with zero attached hydrogens (tertiary/aromatic N) is 2. The number of hydrogen-bond acceptors (Lipinski definition) is 2. The molecule has 1 aliphatic heterocycles. The minimum atomic E-state index is -0.0275. The van der Waals surface area contributed by atoms with Crippen LogP contribution >= 0.6 is 0 Å². The van der Waals surface area contributed by atoms with Gasteiger partial charge in [-0.2, -0.15) is 0 Å². The van der Waals surface area contributed by atoms with E-state index in [1.54, 1.807) is 19.0 Å². The number of rotatable bonds is 4. The summed E-state index contributed by atoms with van der Waals surface area (Å²) in [5.74, 6) is 0.689. The van der Waals surface area contributed by atoms with Gasteiger partial charge in [0.15, 0.2) is 0 Å². The van der Waals surface area contributed by atoms with Crippen molar-refractivity contribution >= 4 is 17.6 Å². The highest BCUT2D eigenvalue weighted by Crippen LogP contribution is 2.20. The summed E-state index contributed by atoms with van der Waals surface area (Å²) in [6.45, 7) is 3.86. The number of piperidine rings is 1. The average Bonchev–Trinajstić information content (AvgIpc) is 2.56. The summed E-state index contributed by atoms with van der Waals surface area (Å²) >= 11 is 0. The van der Waals surface area contributed by atoms with E-state index in [4.69, 9.17) is 0 Å². The lowest BCUT2D eigenvalue weighted by atomic mass is 9.96. The Labute approximate surface area is 138 Å². The third kappa shape index (κ3) is 4.98. The number of amides is 3. The van der Waals surface area contributed by atoms with Gasteiger partial charge in [0.25, 0.3) is 0 Å². The van der Waals surface area contributed by atoms with E-state index >= 15 is 0 Å². The molecular weight excluding hydrogens is 290 g/mol. The molecule has 0 aromatic heterocycles. The number of likely N-dealkylation sites (tertiary alicyclic amines) is 1. The summed E-state index contributed by atoms with van der Waals surface area (Å²) in [5, 5.41) is 2.95. The van der Waals surface area contributed by atoms with Crippen molar-refractivity contribution < 1.29 is 9.59 Å². The molecule has 0 unspecified atom stereocenters. The molecule has 1 saturated heterocycles. The molecule has 0 radical (unpaired) electrons. The summed E-state index contributed by atoms with van der Waals surface area (Å²) in [7, 11) is 3.50. The average molecular weight is 317 g/mol. The van der Waals surface area contributed by atoms with Gasteiger partial charge in [-0.05, 0) is 36.5 Å². The maximum atomic E-state index is 12.3. The highest BCUT2D eigenvalue weighted by Gasteiger charge is 2.22. The van der Waals surface area contributed by atoms with Crippen LogP contribution in [-0.4, -0.2) is 48.9 Å². The Morgan fingerprint density at radius 1 is 1.26 bits per heavy atom. The van der Waals surface area contributed by atoms with Gasteiger partial charge in [0, 0.05) is 32.9 Å². The summed E-state index contributed by atoms with van der Waals surface area (Å²) in [5.41, 5.74) is 1.72. The van der Waals surface area contributed by atoms with E-state index in [0.717, 1.165) is 37.2 Å². The van der Waals surface area contributed by atoms with Crippen LogP contribution in [0.3, 0.4) is 0 Å². The van der Waals surface area contributed by atoms with Crippen molar-refractivity contribution in [3.8, 4) is 0 Å². The van der Waals surface area contributed by atoms with Crippen LogP contribution in [-0.2, 0) is 11.2 Å². The summed E-state index contributed by atoms with van der Waals surface area (Å²) < 4.78 is 0. The quantitative estimate of drug-likeness (QED) is 0.928. The Balaban J connectivity index is 1.90. The van der Waals surface area contributed by atoms with E-state index in [-0.39, 0.29) is 11.9 Å². The van der Waals surface area contributed by atoms with Crippen molar-refractivity contribution in [3.63, 3.8) is 0 Å². The zero-order valence-electron chi connectivity index (χ0n) is 14.3. The van der Waals surface area contributed by atoms with E-state index in [0.29, 0.717) is 12.3 Å². The van der Waals surface area contributed by atoms with Gasteiger partial charge >= 0.3 is 6.03 Å². The standard InChI is InChI=1S/C18H27N3O2/c1-4-14-6-5-11-21(13-14)18(23)19-16-9-7-15(8-10-16)12-17(22)20(2)3/h7-10,14H,4-6,11-13H2,1-3H3,(H,19,23)/t14-/m0/s1. The van der Waals surface area contributed by atoms with Crippen molar-refractivity contribution in [1.82, 2.24) is 9.80 Å². The molecule has 1 aromatic rings. The van der Waals surface area contributed by atoms with E-state index in [9.17, 15) is 9.59 Å². The van der Waals surface area contributed by atoms with Crippen molar-refractivity contribution in [2.24, 2.45) is 5.92 Å². The van der Waals surface area contributed by atoms with Gasteiger partial charge in [-0.1, -0.05) is 25.5 Å². The summed E-state index contributed by atoms with van der Waals surface area (Å²) in [6, 6.07) is 7.47. The number of anilines is 1. The van der Waals surface area contributed by atoms with Crippen LogP contribution in [0, 0.1) is 5.92 Å². The molecule has 5 heteroatoms. The lowest BCUT2D eigenvalue weighted by Gasteiger charge is -2.32. The number of carbonyl (C=O) groups is 2. The largest absolute Gasteiger partial charge is 0.349 e. The predicted molar refractivity (Wildman–Crippen MR) is 92.4 cm³/mol. The van der Waals surface area contributed by atoms with E-state index in [1.807, 2.05) is 29.2 Å². The fraction of sp³-hybridized carbons (Fsp3) is 0.556. The minimum Gasteiger partial charge on any atom is -0.349 e. The van der Waals surface area contributed by atoms with Crippen molar-refractivity contribution in [3.05, 3.63) is 29.8 Å². The molecule has 0 aliphatic carbocycles. The first-order chi connectivity index (χ1) is 11.0. The number of nitrogens with one attached hydrogen (secondary N) is 1. The van der Waals surface area contributed by atoms with Gasteiger partial charge in [0.1, 0.15) is 0 Å². The number of likely N-dealkylation sites (N-methyl/N-ethyl adjacent to an activating group) is 1. The van der Waals surface area contributed by atoms with Gasteiger partial charge in [-0.3, -0.25) is 4.79 Å². The zero-order chi connectivity index (χ0) is 16.8. The summed E-state index contributed by atoms with van der Waals surface area (Å²) in [4.78, 5) is 27.5. The number of hydrogen-bond donors (Lipinski definition) is 1. The van der Waals surface area contributed by atoms with Crippen LogP contribution in [0.1, 0.15) is 31.7 Å². The van der Waals surface area contributed by atoms with Crippen molar-refractivity contribution in [2.45, 2.75) is 32.6 Å². The Morgan fingerprint density at radius 2 is 1.96 bits per heavy atom. The number of benzene rings is 1. The smallest absolute Gasteiger partial charge is 0.321 e. The first-order valence-electron chi connectivity index (χ1n) is 8.34. The molecule has 23 heavy (non-hydrogen) atoms. The normalized spacial score (nSPS) is 17.7. The maximum absolute atomic E-state index is 12.3.